The molecule has 0 atom stereocenters. The molecule has 4 aromatic rings. The van der Waals surface area contributed by atoms with Gasteiger partial charge in [0.05, 0.1) is 12.8 Å². The highest BCUT2D eigenvalue weighted by Crippen LogP contribution is 2.35. The number of hydrogen-bond acceptors (Lipinski definition) is 7. The van der Waals surface area contributed by atoms with Gasteiger partial charge < -0.3 is 14.8 Å². The number of methoxy groups -OCH3 is 1. The summed E-state index contributed by atoms with van der Waals surface area (Å²) in [6, 6.07) is 18.7. The number of halogens is 3. The van der Waals surface area contributed by atoms with Crippen LogP contribution >= 0.6 is 46.6 Å². The molecule has 0 aliphatic carbocycles. The molecule has 3 aromatic carbocycles. The Morgan fingerprint density at radius 2 is 1.71 bits per heavy atom. The van der Waals surface area contributed by atoms with Crippen LogP contribution < -0.4 is 14.8 Å². The van der Waals surface area contributed by atoms with E-state index in [9.17, 15) is 0 Å². The number of nitrogens with one attached hydrogen (secondary N) is 1. The van der Waals surface area contributed by atoms with Gasteiger partial charge in [-0.2, -0.15) is 4.68 Å². The highest BCUT2D eigenvalue weighted by Gasteiger charge is 2.13. The number of thioether (sulfide) groups is 1. The molecule has 182 valence electrons. The first-order chi connectivity index (χ1) is 17.1. The quantitative estimate of drug-likeness (QED) is 0.179. The van der Waals surface area contributed by atoms with Crippen LogP contribution in [0.3, 0.4) is 0 Å². The van der Waals surface area contributed by atoms with Gasteiger partial charge in [0.25, 0.3) is 0 Å². The Kier molecular flexibility index (Phi) is 9.12. The summed E-state index contributed by atoms with van der Waals surface area (Å²) in [7, 11) is 1.59. The first kappa shape index (κ1) is 25.6. The molecule has 0 saturated carbocycles. The van der Waals surface area contributed by atoms with E-state index in [2.05, 4.69) is 20.8 Å². The topological polar surface area (TPSA) is 74.1 Å². The number of tetrazole rings is 1. The normalized spacial score (nSPS) is 11.0. The zero-order chi connectivity index (χ0) is 24.6. The Morgan fingerprint density at radius 1 is 0.943 bits per heavy atom. The molecule has 0 saturated heterocycles. The molecule has 0 spiro atoms. The minimum absolute atomic E-state index is 0.197. The number of hydrogen-bond donors (Lipinski definition) is 1. The third-order valence-electron chi connectivity index (χ3n) is 5.03. The smallest absolute Gasteiger partial charge is 0.214 e. The van der Waals surface area contributed by atoms with Crippen LogP contribution in [0.15, 0.2) is 65.8 Å². The Hall–Kier alpha value is -2.49. The number of aromatic nitrogens is 4. The lowest BCUT2D eigenvalue weighted by molar-refractivity contribution is 0.284. The van der Waals surface area contributed by atoms with Gasteiger partial charge in [0.2, 0.25) is 5.16 Å². The van der Waals surface area contributed by atoms with Crippen LogP contribution in [0.1, 0.15) is 11.1 Å². The Bertz CT molecular complexity index is 1250. The molecule has 1 aromatic heterocycles. The Labute approximate surface area is 222 Å². The second-order valence-electron chi connectivity index (χ2n) is 7.32. The number of nitrogens with zero attached hydrogens (tertiary/aromatic N) is 4. The van der Waals surface area contributed by atoms with Crippen LogP contribution in [-0.2, 0) is 13.2 Å². The molecule has 35 heavy (non-hydrogen) atoms. The van der Waals surface area contributed by atoms with E-state index in [1.54, 1.807) is 47.8 Å². The number of benzene rings is 3. The number of para-hydroxylation sites is 1. The molecule has 0 radical (unpaired) electrons. The van der Waals surface area contributed by atoms with E-state index >= 15 is 0 Å². The van der Waals surface area contributed by atoms with Crippen LogP contribution in [0.2, 0.25) is 15.1 Å². The van der Waals surface area contributed by atoms with Gasteiger partial charge in [-0.1, -0.05) is 70.8 Å². The van der Waals surface area contributed by atoms with Gasteiger partial charge in [0.15, 0.2) is 11.5 Å². The van der Waals surface area contributed by atoms with Crippen LogP contribution in [0.5, 0.6) is 11.5 Å². The molecule has 0 fully saturated rings. The summed E-state index contributed by atoms with van der Waals surface area (Å²) in [6.45, 7) is 1.49. The van der Waals surface area contributed by atoms with Crippen molar-refractivity contribution in [1.82, 2.24) is 25.5 Å². The van der Waals surface area contributed by atoms with Crippen molar-refractivity contribution in [3.8, 4) is 17.2 Å². The maximum atomic E-state index is 6.52. The summed E-state index contributed by atoms with van der Waals surface area (Å²) in [5.41, 5.74) is 2.52. The fraction of sp³-hybridized carbons (Fsp3) is 0.208. The average Bonchev–Trinajstić information content (AvgIpc) is 3.33. The summed E-state index contributed by atoms with van der Waals surface area (Å²) >= 11 is 20.6. The molecule has 1 heterocycles. The van der Waals surface area contributed by atoms with Gasteiger partial charge in [-0.15, -0.1) is 5.10 Å². The van der Waals surface area contributed by atoms with Gasteiger partial charge in [-0.05, 0) is 46.3 Å². The van der Waals surface area contributed by atoms with E-state index in [1.165, 1.54) is 0 Å². The zero-order valence-electron chi connectivity index (χ0n) is 18.7. The molecule has 4 rings (SSSR count). The lowest BCUT2D eigenvalue weighted by Gasteiger charge is -2.15. The zero-order valence-corrected chi connectivity index (χ0v) is 21.8. The fourth-order valence-corrected chi connectivity index (χ4v) is 4.76. The Morgan fingerprint density at radius 3 is 2.46 bits per heavy atom. The van der Waals surface area contributed by atoms with E-state index in [4.69, 9.17) is 44.3 Å². The van der Waals surface area contributed by atoms with E-state index in [1.807, 2.05) is 36.4 Å². The van der Waals surface area contributed by atoms with Crippen molar-refractivity contribution in [3.05, 3.63) is 86.9 Å². The highest BCUT2D eigenvalue weighted by molar-refractivity contribution is 7.99. The molecule has 0 bridgehead atoms. The van der Waals surface area contributed by atoms with Gasteiger partial charge in [-0.3, -0.25) is 0 Å². The van der Waals surface area contributed by atoms with Gasteiger partial charge in [-0.25, -0.2) is 0 Å². The fourth-order valence-electron chi connectivity index (χ4n) is 3.24. The van der Waals surface area contributed by atoms with E-state index in [0.717, 1.165) is 28.7 Å². The predicted octanol–water partition coefficient (Wildman–Crippen LogP) is 6.09. The number of rotatable bonds is 11. The summed E-state index contributed by atoms with van der Waals surface area (Å²) < 4.78 is 13.2. The molecule has 0 unspecified atom stereocenters. The van der Waals surface area contributed by atoms with E-state index in [0.29, 0.717) is 38.7 Å². The van der Waals surface area contributed by atoms with Crippen molar-refractivity contribution in [2.45, 2.75) is 18.3 Å². The van der Waals surface area contributed by atoms with Gasteiger partial charge in [0, 0.05) is 45.5 Å². The summed E-state index contributed by atoms with van der Waals surface area (Å²) in [4.78, 5) is 0. The maximum Gasteiger partial charge on any atom is 0.214 e. The van der Waals surface area contributed by atoms with Crippen molar-refractivity contribution in [2.75, 3.05) is 19.4 Å². The standard InChI is InChI=1S/C24H22Cl3N5O2S/c1-33-22-12-16(21(27)13-23(22)34-15-18-19(25)8-5-9-20(18)26)14-28-10-11-35-24-29-30-31-32(24)17-6-3-2-4-7-17/h2-9,12-13,28H,10-11,14-15H2,1H3. The summed E-state index contributed by atoms with van der Waals surface area (Å²) in [5.74, 6) is 1.87. The van der Waals surface area contributed by atoms with Crippen molar-refractivity contribution < 1.29 is 9.47 Å². The number of ether oxygens (including phenoxy) is 2. The molecule has 7 nitrogen and oxygen atoms in total. The van der Waals surface area contributed by atoms with E-state index in [-0.39, 0.29) is 6.61 Å². The van der Waals surface area contributed by atoms with Crippen LogP contribution in [-0.4, -0.2) is 39.6 Å². The largest absolute Gasteiger partial charge is 0.493 e. The highest BCUT2D eigenvalue weighted by atomic mass is 35.5. The van der Waals surface area contributed by atoms with Crippen molar-refractivity contribution >= 4 is 46.6 Å². The first-order valence-corrected chi connectivity index (χ1v) is 12.8. The van der Waals surface area contributed by atoms with Gasteiger partial charge in [0.1, 0.15) is 6.61 Å². The second-order valence-corrected chi connectivity index (χ2v) is 9.60. The van der Waals surface area contributed by atoms with E-state index < -0.39 is 0 Å². The third kappa shape index (κ3) is 6.59. The predicted molar refractivity (Wildman–Crippen MR) is 140 cm³/mol. The monoisotopic (exact) mass is 549 g/mol. The minimum Gasteiger partial charge on any atom is -0.493 e. The molecule has 11 heteroatoms. The lowest BCUT2D eigenvalue weighted by Crippen LogP contribution is -2.17. The summed E-state index contributed by atoms with van der Waals surface area (Å²) in [6.07, 6.45) is 0. The minimum atomic E-state index is 0.197. The molecular weight excluding hydrogens is 529 g/mol. The van der Waals surface area contributed by atoms with Crippen molar-refractivity contribution in [1.29, 1.82) is 0 Å². The first-order valence-electron chi connectivity index (χ1n) is 10.7. The maximum absolute atomic E-state index is 6.52. The summed E-state index contributed by atoms with van der Waals surface area (Å²) in [5, 5.41) is 17.8. The molecular formula is C24H22Cl3N5O2S. The molecule has 0 amide bonds. The lowest BCUT2D eigenvalue weighted by atomic mass is 10.2. The molecule has 0 aliphatic rings. The average molecular weight is 551 g/mol. The SMILES string of the molecule is COc1cc(CNCCSc2nnnn2-c2ccccc2)c(Cl)cc1OCc1c(Cl)cccc1Cl. The third-order valence-corrected chi connectivity index (χ3v) is 7.01. The molecule has 1 N–H and O–H groups in total. The van der Waals surface area contributed by atoms with Crippen LogP contribution in [0.4, 0.5) is 0 Å². The van der Waals surface area contributed by atoms with Crippen LogP contribution in [0, 0.1) is 0 Å². The van der Waals surface area contributed by atoms with Crippen LogP contribution in [0.25, 0.3) is 5.69 Å². The molecule has 0 aliphatic heterocycles. The second kappa shape index (κ2) is 12.5. The van der Waals surface area contributed by atoms with Crippen molar-refractivity contribution in [2.24, 2.45) is 0 Å². The van der Waals surface area contributed by atoms with Crippen molar-refractivity contribution in [3.63, 3.8) is 0 Å². The van der Waals surface area contributed by atoms with Gasteiger partial charge >= 0.3 is 0 Å². The Balaban J connectivity index is 1.31.